The van der Waals surface area contributed by atoms with Crippen molar-refractivity contribution in [1.82, 2.24) is 10.2 Å². The summed E-state index contributed by atoms with van der Waals surface area (Å²) in [6.45, 7) is 4.59. The fourth-order valence-corrected chi connectivity index (χ4v) is 4.93. The first-order valence-corrected chi connectivity index (χ1v) is 9.58. The minimum atomic E-state index is 0.766. The van der Waals surface area contributed by atoms with Gasteiger partial charge in [-0.3, -0.25) is 5.10 Å². The van der Waals surface area contributed by atoms with Gasteiger partial charge in [-0.05, 0) is 35.4 Å². The lowest BCUT2D eigenvalue weighted by atomic mass is 10.0. The van der Waals surface area contributed by atoms with Crippen LogP contribution in [-0.4, -0.2) is 16.0 Å². The molecule has 0 aliphatic carbocycles. The summed E-state index contributed by atoms with van der Waals surface area (Å²) in [6, 6.07) is 0. The molecule has 0 saturated heterocycles. The Hall–Kier alpha value is 0.480. The molecule has 0 saturated carbocycles. The van der Waals surface area contributed by atoms with Crippen LogP contribution in [0.1, 0.15) is 46.0 Å². The average molecular weight is 309 g/mol. The molecule has 0 aliphatic heterocycles. The number of hydrogen-bond acceptors (Lipinski definition) is 5. The van der Waals surface area contributed by atoms with Gasteiger partial charge in [0.15, 0.2) is 8.29 Å². The van der Waals surface area contributed by atoms with Crippen LogP contribution in [0.2, 0.25) is 0 Å². The number of aromatic amines is 1. The summed E-state index contributed by atoms with van der Waals surface area (Å²) >= 11 is 6.53. The molecule has 0 aromatic carbocycles. The molecule has 1 aromatic heterocycles. The average Bonchev–Trinajstić information content (AvgIpc) is 2.68. The molecule has 0 fully saturated rings. The van der Waals surface area contributed by atoms with Gasteiger partial charge in [-0.15, -0.1) is 0 Å². The summed E-state index contributed by atoms with van der Waals surface area (Å²) in [4.78, 5) is 0. The maximum atomic E-state index is 4.98. The van der Waals surface area contributed by atoms with Crippen molar-refractivity contribution in [2.24, 2.45) is 5.92 Å². The predicted octanol–water partition coefficient (Wildman–Crippen LogP) is 5.55. The molecule has 98 valence electrons. The first-order chi connectivity index (χ1) is 8.18. The van der Waals surface area contributed by atoms with Gasteiger partial charge in [-0.25, -0.2) is 0 Å². The smallest absolute Gasteiger partial charge is 0.183 e. The summed E-state index contributed by atoms with van der Waals surface area (Å²) in [5, 5.41) is 6.91. The number of nitrogens with one attached hydrogen (secondary N) is 1. The van der Waals surface area contributed by atoms with Crippen LogP contribution < -0.4 is 0 Å². The van der Waals surface area contributed by atoms with Crippen LogP contribution >= 0.6 is 45.1 Å². The third kappa shape index (κ3) is 8.24. The van der Waals surface area contributed by atoms with Crippen molar-refractivity contribution in [3.05, 3.63) is 3.95 Å². The maximum absolute atomic E-state index is 4.98. The number of aromatic nitrogens is 2. The van der Waals surface area contributed by atoms with E-state index in [4.69, 9.17) is 12.2 Å². The van der Waals surface area contributed by atoms with Gasteiger partial charge in [0.1, 0.15) is 0 Å². The van der Waals surface area contributed by atoms with Gasteiger partial charge in [0.25, 0.3) is 0 Å². The zero-order valence-corrected chi connectivity index (χ0v) is 13.7. The molecule has 6 heteroatoms. The lowest BCUT2D eigenvalue weighted by molar-refractivity contribution is 0.525. The molecular formula is C11H20N2S4. The van der Waals surface area contributed by atoms with Crippen molar-refractivity contribution in [2.45, 2.75) is 50.3 Å². The van der Waals surface area contributed by atoms with E-state index < -0.39 is 0 Å². The Morgan fingerprint density at radius 3 is 2.71 bits per heavy atom. The molecule has 1 aromatic rings. The Labute approximate surface area is 121 Å². The second kappa shape index (κ2) is 9.42. The highest BCUT2D eigenvalue weighted by molar-refractivity contribution is 8.77. The van der Waals surface area contributed by atoms with Crippen LogP contribution in [0.15, 0.2) is 4.34 Å². The summed E-state index contributed by atoms with van der Waals surface area (Å²) in [5.74, 6) is 2.06. The SMILES string of the molecule is CC(C)CCCCCCSSc1n[nH]c(=S)s1. The zero-order valence-electron chi connectivity index (χ0n) is 10.4. The second-order valence-corrected chi connectivity index (χ2v) is 8.71. The fourth-order valence-electron chi connectivity index (χ4n) is 1.41. The lowest BCUT2D eigenvalue weighted by Gasteiger charge is -2.03. The molecule has 0 bridgehead atoms. The summed E-state index contributed by atoms with van der Waals surface area (Å²) < 4.78 is 1.81. The minimum absolute atomic E-state index is 0.766. The predicted molar refractivity (Wildman–Crippen MR) is 83.5 cm³/mol. The molecule has 17 heavy (non-hydrogen) atoms. The van der Waals surface area contributed by atoms with Gasteiger partial charge in [-0.2, -0.15) is 5.10 Å². The van der Waals surface area contributed by atoms with Crippen LogP contribution in [-0.2, 0) is 0 Å². The van der Waals surface area contributed by atoms with E-state index in [0.717, 1.165) is 14.2 Å². The van der Waals surface area contributed by atoms with Crippen molar-refractivity contribution in [1.29, 1.82) is 0 Å². The largest absolute Gasteiger partial charge is 0.257 e. The van der Waals surface area contributed by atoms with Crippen LogP contribution in [0.5, 0.6) is 0 Å². The van der Waals surface area contributed by atoms with Crippen molar-refractivity contribution >= 4 is 45.1 Å². The summed E-state index contributed by atoms with van der Waals surface area (Å²) in [6.07, 6.45) is 6.81. The monoisotopic (exact) mass is 308 g/mol. The molecule has 1 N–H and O–H groups in total. The van der Waals surface area contributed by atoms with E-state index in [1.807, 2.05) is 10.8 Å². The molecule has 0 spiro atoms. The number of unbranched alkanes of at least 4 members (excludes halogenated alkanes) is 3. The first-order valence-electron chi connectivity index (χ1n) is 6.03. The van der Waals surface area contributed by atoms with Crippen molar-refractivity contribution < 1.29 is 0 Å². The number of nitrogens with zero attached hydrogens (tertiary/aromatic N) is 1. The summed E-state index contributed by atoms with van der Waals surface area (Å²) in [7, 11) is 3.62. The first kappa shape index (κ1) is 15.5. The number of rotatable bonds is 9. The van der Waals surface area contributed by atoms with Gasteiger partial charge in [0, 0.05) is 5.75 Å². The molecule has 0 aliphatic rings. The van der Waals surface area contributed by atoms with Gasteiger partial charge < -0.3 is 0 Å². The molecular weight excluding hydrogens is 288 g/mol. The van der Waals surface area contributed by atoms with Crippen LogP contribution in [0.3, 0.4) is 0 Å². The molecule has 0 unspecified atom stereocenters. The Bertz CT molecular complexity index is 345. The fraction of sp³-hybridized carbons (Fsp3) is 0.818. The van der Waals surface area contributed by atoms with E-state index in [-0.39, 0.29) is 0 Å². The van der Waals surface area contributed by atoms with E-state index in [1.54, 1.807) is 22.1 Å². The third-order valence-electron chi connectivity index (χ3n) is 2.31. The number of hydrogen-bond donors (Lipinski definition) is 1. The Kier molecular flexibility index (Phi) is 8.61. The minimum Gasteiger partial charge on any atom is -0.257 e. The van der Waals surface area contributed by atoms with Crippen LogP contribution in [0.4, 0.5) is 0 Å². The third-order valence-corrected chi connectivity index (χ3v) is 6.14. The molecule has 1 rings (SSSR count). The molecule has 2 nitrogen and oxygen atoms in total. The molecule has 0 amide bonds. The van der Waals surface area contributed by atoms with E-state index in [9.17, 15) is 0 Å². The van der Waals surface area contributed by atoms with Crippen LogP contribution in [0.25, 0.3) is 0 Å². The van der Waals surface area contributed by atoms with Crippen LogP contribution in [0, 0.1) is 9.87 Å². The van der Waals surface area contributed by atoms with Crippen molar-refractivity contribution in [3.8, 4) is 0 Å². The van der Waals surface area contributed by atoms with E-state index in [2.05, 4.69) is 24.0 Å². The molecule has 1 heterocycles. The quantitative estimate of drug-likeness (QED) is 0.368. The topological polar surface area (TPSA) is 28.7 Å². The highest BCUT2D eigenvalue weighted by atomic mass is 33.1. The van der Waals surface area contributed by atoms with Gasteiger partial charge in [0.2, 0.25) is 0 Å². The van der Waals surface area contributed by atoms with Gasteiger partial charge >= 0.3 is 0 Å². The maximum Gasteiger partial charge on any atom is 0.183 e. The molecule has 0 atom stereocenters. The van der Waals surface area contributed by atoms with Crippen molar-refractivity contribution in [3.63, 3.8) is 0 Å². The zero-order chi connectivity index (χ0) is 12.5. The van der Waals surface area contributed by atoms with E-state index >= 15 is 0 Å². The standard InChI is InChI=1S/C11H20N2S4/c1-9(2)7-5-3-4-6-8-15-17-11-13-12-10(14)16-11/h9H,3-8H2,1-2H3,(H,12,14). The summed E-state index contributed by atoms with van der Waals surface area (Å²) in [5.41, 5.74) is 0. The number of H-pyrrole nitrogens is 1. The van der Waals surface area contributed by atoms with Gasteiger partial charge in [0.05, 0.1) is 0 Å². The Balaban J connectivity index is 1.89. The highest BCUT2D eigenvalue weighted by Gasteiger charge is 1.99. The normalized spacial score (nSPS) is 11.2. The lowest BCUT2D eigenvalue weighted by Crippen LogP contribution is -1.87. The van der Waals surface area contributed by atoms with E-state index in [1.165, 1.54) is 37.9 Å². The highest BCUT2D eigenvalue weighted by Crippen LogP contribution is 2.32. The second-order valence-electron chi connectivity index (χ2n) is 4.38. The Morgan fingerprint density at radius 2 is 2.06 bits per heavy atom. The van der Waals surface area contributed by atoms with E-state index in [0.29, 0.717) is 0 Å². The molecule has 0 radical (unpaired) electrons. The Morgan fingerprint density at radius 1 is 1.29 bits per heavy atom. The van der Waals surface area contributed by atoms with Gasteiger partial charge in [-0.1, -0.05) is 61.7 Å². The van der Waals surface area contributed by atoms with Crippen molar-refractivity contribution in [2.75, 3.05) is 5.75 Å².